The number of hydrogen-bond acceptors (Lipinski definition) is 4. The van der Waals surface area contributed by atoms with Crippen molar-refractivity contribution in [2.24, 2.45) is 0 Å². The fourth-order valence-electron chi connectivity index (χ4n) is 3.76. The van der Waals surface area contributed by atoms with Crippen molar-refractivity contribution >= 4 is 11.7 Å². The van der Waals surface area contributed by atoms with Crippen LogP contribution in [0.2, 0.25) is 0 Å². The van der Waals surface area contributed by atoms with Crippen LogP contribution in [-0.4, -0.2) is 33.5 Å². The van der Waals surface area contributed by atoms with E-state index >= 15 is 0 Å². The van der Waals surface area contributed by atoms with Crippen LogP contribution < -0.4 is 10.1 Å². The van der Waals surface area contributed by atoms with E-state index in [0.29, 0.717) is 18.0 Å². The normalized spacial score (nSPS) is 21.3. The number of urea groups is 1. The van der Waals surface area contributed by atoms with Crippen LogP contribution in [0.5, 0.6) is 5.75 Å². The molecule has 2 bridgehead atoms. The summed E-state index contributed by atoms with van der Waals surface area (Å²) >= 11 is 0. The average molecular weight is 324 g/mol. The minimum atomic E-state index is -0.0795. The van der Waals surface area contributed by atoms with Crippen molar-refractivity contribution in [3.8, 4) is 5.75 Å². The Morgan fingerprint density at radius 3 is 3.12 bits per heavy atom. The standard InChI is InChI=1S/C18H20N4O2/c1-2-24-17-6-4-3-5-14(17)21-18(23)22-12-7-8-16(22)13-10-19-11-20-15(13)9-12/h3-6,10-12,16H,2,7-9H2,1H3,(H,21,23). The Bertz CT molecular complexity index is 764. The number of benzene rings is 1. The van der Waals surface area contributed by atoms with Crippen molar-refractivity contribution in [1.29, 1.82) is 0 Å². The summed E-state index contributed by atoms with van der Waals surface area (Å²) in [7, 11) is 0. The van der Waals surface area contributed by atoms with Gasteiger partial charge in [0.2, 0.25) is 0 Å². The van der Waals surface area contributed by atoms with Gasteiger partial charge >= 0.3 is 6.03 Å². The third-order valence-corrected chi connectivity index (χ3v) is 4.78. The topological polar surface area (TPSA) is 67.3 Å². The highest BCUT2D eigenvalue weighted by Gasteiger charge is 2.43. The van der Waals surface area contributed by atoms with Crippen molar-refractivity contribution in [2.75, 3.05) is 11.9 Å². The molecule has 24 heavy (non-hydrogen) atoms. The quantitative estimate of drug-likeness (QED) is 0.941. The first-order chi connectivity index (χ1) is 11.8. The number of hydrogen-bond donors (Lipinski definition) is 1. The highest BCUT2D eigenvalue weighted by atomic mass is 16.5. The number of nitrogens with zero attached hydrogens (tertiary/aromatic N) is 3. The van der Waals surface area contributed by atoms with Crippen LogP contribution in [0.15, 0.2) is 36.8 Å². The number of fused-ring (bicyclic) bond motifs is 4. The van der Waals surface area contributed by atoms with Gasteiger partial charge in [-0.05, 0) is 31.9 Å². The Balaban J connectivity index is 1.58. The molecule has 2 unspecified atom stereocenters. The molecule has 2 aliphatic heterocycles. The number of anilines is 1. The lowest BCUT2D eigenvalue weighted by atomic mass is 10.00. The maximum Gasteiger partial charge on any atom is 0.322 e. The summed E-state index contributed by atoms with van der Waals surface area (Å²) in [6.45, 7) is 2.49. The molecule has 2 amide bonds. The summed E-state index contributed by atoms with van der Waals surface area (Å²) in [6, 6.07) is 7.73. The van der Waals surface area contributed by atoms with Gasteiger partial charge in [-0.1, -0.05) is 12.1 Å². The molecule has 1 aromatic heterocycles. The summed E-state index contributed by atoms with van der Waals surface area (Å²) in [6.07, 6.45) is 6.21. The molecule has 2 aromatic rings. The molecule has 2 aliphatic rings. The van der Waals surface area contributed by atoms with Gasteiger partial charge in [-0.3, -0.25) is 0 Å². The number of para-hydroxylation sites is 2. The second-order valence-electron chi connectivity index (χ2n) is 6.14. The monoisotopic (exact) mass is 324 g/mol. The molecule has 124 valence electrons. The molecule has 0 spiro atoms. The Kier molecular flexibility index (Phi) is 3.80. The van der Waals surface area contributed by atoms with E-state index in [1.165, 1.54) is 0 Å². The van der Waals surface area contributed by atoms with Gasteiger partial charge in [0, 0.05) is 24.2 Å². The molecule has 3 heterocycles. The Labute approximate surface area is 140 Å². The molecule has 6 nitrogen and oxygen atoms in total. The average Bonchev–Trinajstić information content (AvgIpc) is 2.92. The van der Waals surface area contributed by atoms with Crippen molar-refractivity contribution < 1.29 is 9.53 Å². The fraction of sp³-hybridized carbons (Fsp3) is 0.389. The number of ether oxygens (including phenoxy) is 1. The lowest BCUT2D eigenvalue weighted by Crippen LogP contribution is -2.44. The first-order valence-corrected chi connectivity index (χ1v) is 8.38. The summed E-state index contributed by atoms with van der Waals surface area (Å²) < 4.78 is 5.60. The second-order valence-corrected chi connectivity index (χ2v) is 6.14. The van der Waals surface area contributed by atoms with E-state index in [1.54, 1.807) is 6.33 Å². The molecule has 1 fully saturated rings. The summed E-state index contributed by atoms with van der Waals surface area (Å²) in [5.41, 5.74) is 2.87. The molecule has 2 atom stereocenters. The van der Waals surface area contributed by atoms with Crippen LogP contribution in [0.1, 0.15) is 37.1 Å². The van der Waals surface area contributed by atoms with E-state index in [4.69, 9.17) is 4.74 Å². The van der Waals surface area contributed by atoms with Gasteiger partial charge in [-0.2, -0.15) is 0 Å². The molecule has 0 radical (unpaired) electrons. The van der Waals surface area contributed by atoms with Gasteiger partial charge in [0.1, 0.15) is 12.1 Å². The first kappa shape index (κ1) is 14.9. The van der Waals surface area contributed by atoms with Gasteiger partial charge < -0.3 is 15.0 Å². The minimum Gasteiger partial charge on any atom is -0.492 e. The molecule has 6 heteroatoms. The smallest absolute Gasteiger partial charge is 0.322 e. The van der Waals surface area contributed by atoms with E-state index in [1.807, 2.05) is 42.3 Å². The van der Waals surface area contributed by atoms with Crippen molar-refractivity contribution in [2.45, 2.75) is 38.3 Å². The molecule has 4 rings (SSSR count). The molecule has 0 aliphatic carbocycles. The molecular weight excluding hydrogens is 304 g/mol. The molecule has 1 saturated heterocycles. The van der Waals surface area contributed by atoms with Crippen LogP contribution in [0.25, 0.3) is 0 Å². The Morgan fingerprint density at radius 1 is 1.38 bits per heavy atom. The van der Waals surface area contributed by atoms with E-state index in [9.17, 15) is 4.79 Å². The minimum absolute atomic E-state index is 0.0687. The van der Waals surface area contributed by atoms with E-state index in [-0.39, 0.29) is 18.1 Å². The second kappa shape index (κ2) is 6.11. The van der Waals surface area contributed by atoms with E-state index in [2.05, 4.69) is 15.3 Å². The molecule has 0 saturated carbocycles. The number of amides is 2. The van der Waals surface area contributed by atoms with Gasteiger partial charge in [0.05, 0.1) is 24.0 Å². The van der Waals surface area contributed by atoms with Crippen LogP contribution in [-0.2, 0) is 6.42 Å². The number of nitrogens with one attached hydrogen (secondary N) is 1. The molecular formula is C18H20N4O2. The molecule has 1 N–H and O–H groups in total. The summed E-state index contributed by atoms with van der Waals surface area (Å²) in [5.74, 6) is 0.696. The lowest BCUT2D eigenvalue weighted by molar-refractivity contribution is 0.178. The lowest BCUT2D eigenvalue weighted by Gasteiger charge is -2.35. The first-order valence-electron chi connectivity index (χ1n) is 8.38. The fourth-order valence-corrected chi connectivity index (χ4v) is 3.76. The maximum atomic E-state index is 12.9. The van der Waals surface area contributed by atoms with Crippen LogP contribution in [0, 0.1) is 0 Å². The highest BCUT2D eigenvalue weighted by Crippen LogP contribution is 2.43. The molecule has 1 aromatic carbocycles. The number of carbonyl (C=O) groups is 1. The van der Waals surface area contributed by atoms with Gasteiger partial charge in [0.25, 0.3) is 0 Å². The van der Waals surface area contributed by atoms with Crippen LogP contribution in [0.3, 0.4) is 0 Å². The summed E-state index contributed by atoms with van der Waals surface area (Å²) in [4.78, 5) is 23.4. The van der Waals surface area contributed by atoms with Gasteiger partial charge in [0.15, 0.2) is 0 Å². The summed E-state index contributed by atoms with van der Waals surface area (Å²) in [5, 5.41) is 3.02. The third kappa shape index (κ3) is 2.48. The number of carbonyl (C=O) groups excluding carboxylic acids is 1. The predicted octanol–water partition coefficient (Wildman–Crippen LogP) is 3.17. The van der Waals surface area contributed by atoms with Crippen molar-refractivity contribution in [3.63, 3.8) is 0 Å². The third-order valence-electron chi connectivity index (χ3n) is 4.78. The number of aromatic nitrogens is 2. The van der Waals surface area contributed by atoms with E-state index < -0.39 is 0 Å². The maximum absolute atomic E-state index is 12.9. The van der Waals surface area contributed by atoms with Crippen molar-refractivity contribution in [3.05, 3.63) is 48.0 Å². The Morgan fingerprint density at radius 2 is 2.25 bits per heavy atom. The van der Waals surface area contributed by atoms with E-state index in [0.717, 1.165) is 30.5 Å². The van der Waals surface area contributed by atoms with Crippen molar-refractivity contribution in [1.82, 2.24) is 14.9 Å². The highest BCUT2D eigenvalue weighted by molar-refractivity contribution is 5.91. The van der Waals surface area contributed by atoms with Gasteiger partial charge in [-0.15, -0.1) is 0 Å². The van der Waals surface area contributed by atoms with Crippen LogP contribution >= 0.6 is 0 Å². The SMILES string of the molecule is CCOc1ccccc1NC(=O)N1C2CCC1c1cncnc1C2. The largest absolute Gasteiger partial charge is 0.492 e. The van der Waals surface area contributed by atoms with Crippen LogP contribution in [0.4, 0.5) is 10.5 Å². The Hall–Kier alpha value is -2.63. The predicted molar refractivity (Wildman–Crippen MR) is 90.0 cm³/mol. The zero-order chi connectivity index (χ0) is 16.5. The zero-order valence-corrected chi connectivity index (χ0v) is 13.6. The van der Waals surface area contributed by atoms with Gasteiger partial charge in [-0.25, -0.2) is 14.8 Å². The zero-order valence-electron chi connectivity index (χ0n) is 13.6. The number of rotatable bonds is 3.